The number of halogens is 1. The zero-order chi connectivity index (χ0) is 14.8. The molecular weight excluding hydrogens is 267 g/mol. The smallest absolute Gasteiger partial charge is 0.254 e. The average molecular weight is 290 g/mol. The molecular formula is C17H23FN2O. The van der Waals surface area contributed by atoms with Crippen molar-refractivity contribution in [3.8, 4) is 0 Å². The second kappa shape index (κ2) is 6.14. The molecule has 2 heterocycles. The van der Waals surface area contributed by atoms with Gasteiger partial charge in [0.05, 0.1) is 0 Å². The Kier molecular flexibility index (Phi) is 4.24. The monoisotopic (exact) mass is 290 g/mol. The summed E-state index contributed by atoms with van der Waals surface area (Å²) < 4.78 is 13.0. The van der Waals surface area contributed by atoms with E-state index in [1.54, 1.807) is 12.1 Å². The predicted octanol–water partition coefficient (Wildman–Crippen LogP) is 2.96. The second-order valence-electron chi connectivity index (χ2n) is 6.27. The molecule has 2 atom stereocenters. The molecule has 0 aromatic heterocycles. The predicted molar refractivity (Wildman–Crippen MR) is 80.7 cm³/mol. The van der Waals surface area contributed by atoms with Gasteiger partial charge in [0.2, 0.25) is 0 Å². The summed E-state index contributed by atoms with van der Waals surface area (Å²) in [5, 5.41) is 3.62. The Labute approximate surface area is 125 Å². The molecule has 1 aromatic carbocycles. The highest BCUT2D eigenvalue weighted by atomic mass is 19.1. The zero-order valence-corrected chi connectivity index (χ0v) is 12.5. The molecule has 2 aliphatic rings. The van der Waals surface area contributed by atoms with Crippen LogP contribution in [0.4, 0.5) is 4.39 Å². The molecule has 0 radical (unpaired) electrons. The first-order valence-electron chi connectivity index (χ1n) is 8.00. The van der Waals surface area contributed by atoms with Crippen LogP contribution in [-0.4, -0.2) is 35.5 Å². The lowest BCUT2D eigenvalue weighted by molar-refractivity contribution is 0.0616. The van der Waals surface area contributed by atoms with Gasteiger partial charge in [-0.2, -0.15) is 0 Å². The molecule has 3 nitrogen and oxygen atoms in total. The van der Waals surface area contributed by atoms with E-state index in [1.165, 1.54) is 25.0 Å². The van der Waals surface area contributed by atoms with Crippen LogP contribution in [0.2, 0.25) is 0 Å². The van der Waals surface area contributed by atoms with Crippen LogP contribution in [0, 0.1) is 5.82 Å². The van der Waals surface area contributed by atoms with Gasteiger partial charge in [-0.15, -0.1) is 0 Å². The van der Waals surface area contributed by atoms with Gasteiger partial charge in [-0.1, -0.05) is 6.92 Å². The molecule has 0 aliphatic carbocycles. The Balaban J connectivity index is 1.77. The number of nitrogens with zero attached hydrogens (tertiary/aromatic N) is 1. The van der Waals surface area contributed by atoms with E-state index in [9.17, 15) is 9.18 Å². The molecule has 0 saturated carbocycles. The Morgan fingerprint density at radius 3 is 2.43 bits per heavy atom. The van der Waals surface area contributed by atoms with Crippen LogP contribution in [0.3, 0.4) is 0 Å². The summed E-state index contributed by atoms with van der Waals surface area (Å²) in [7, 11) is 0. The van der Waals surface area contributed by atoms with Crippen molar-refractivity contribution in [1.82, 2.24) is 10.2 Å². The number of carbonyl (C=O) groups excluding carboxylic acids is 1. The van der Waals surface area contributed by atoms with Crippen LogP contribution in [-0.2, 0) is 0 Å². The van der Waals surface area contributed by atoms with Crippen molar-refractivity contribution in [1.29, 1.82) is 0 Å². The second-order valence-corrected chi connectivity index (χ2v) is 6.27. The van der Waals surface area contributed by atoms with Gasteiger partial charge in [0.15, 0.2) is 0 Å². The standard InChI is InChI=1S/C17H23FN2O/c1-2-9-20(16-10-14-7-8-15(11-16)19-14)17(21)12-3-5-13(18)6-4-12/h3-6,14-16,19H,2,7-11H2,1H3. The lowest BCUT2D eigenvalue weighted by Gasteiger charge is -2.38. The third kappa shape index (κ3) is 3.10. The van der Waals surface area contributed by atoms with Crippen molar-refractivity contribution in [2.75, 3.05) is 6.54 Å². The number of piperidine rings is 1. The molecule has 4 heteroatoms. The number of carbonyl (C=O) groups is 1. The van der Waals surface area contributed by atoms with Gasteiger partial charge < -0.3 is 10.2 Å². The molecule has 1 amide bonds. The molecule has 2 bridgehead atoms. The average Bonchev–Trinajstić information content (AvgIpc) is 2.83. The van der Waals surface area contributed by atoms with Crippen LogP contribution in [0.5, 0.6) is 0 Å². The highest BCUT2D eigenvalue weighted by Gasteiger charge is 2.37. The van der Waals surface area contributed by atoms with E-state index in [0.717, 1.165) is 25.8 Å². The molecule has 2 saturated heterocycles. The first-order valence-corrected chi connectivity index (χ1v) is 8.00. The van der Waals surface area contributed by atoms with E-state index in [2.05, 4.69) is 12.2 Å². The van der Waals surface area contributed by atoms with E-state index in [-0.39, 0.29) is 11.7 Å². The van der Waals surface area contributed by atoms with Crippen LogP contribution in [0.15, 0.2) is 24.3 Å². The van der Waals surface area contributed by atoms with Crippen molar-refractivity contribution in [2.45, 2.75) is 57.2 Å². The summed E-state index contributed by atoms with van der Waals surface area (Å²) in [6, 6.07) is 7.36. The highest BCUT2D eigenvalue weighted by Crippen LogP contribution is 2.30. The minimum Gasteiger partial charge on any atom is -0.336 e. The van der Waals surface area contributed by atoms with Crippen LogP contribution in [0.1, 0.15) is 49.4 Å². The third-order valence-corrected chi connectivity index (χ3v) is 4.71. The minimum absolute atomic E-state index is 0.0446. The van der Waals surface area contributed by atoms with Gasteiger partial charge in [-0.05, 0) is 56.4 Å². The molecule has 21 heavy (non-hydrogen) atoms. The maximum atomic E-state index is 13.0. The SMILES string of the molecule is CCCN(C(=O)c1ccc(F)cc1)C1CC2CCC(C1)N2. The van der Waals surface area contributed by atoms with E-state index in [1.807, 2.05) is 4.90 Å². The maximum absolute atomic E-state index is 13.0. The van der Waals surface area contributed by atoms with Gasteiger partial charge in [0, 0.05) is 30.2 Å². The topological polar surface area (TPSA) is 32.3 Å². The molecule has 114 valence electrons. The van der Waals surface area contributed by atoms with E-state index in [4.69, 9.17) is 0 Å². The van der Waals surface area contributed by atoms with Gasteiger partial charge in [0.1, 0.15) is 5.82 Å². The number of amides is 1. The first-order chi connectivity index (χ1) is 10.2. The summed E-state index contributed by atoms with van der Waals surface area (Å²) in [5.41, 5.74) is 0.593. The number of hydrogen-bond acceptors (Lipinski definition) is 2. The van der Waals surface area contributed by atoms with Crippen molar-refractivity contribution in [3.63, 3.8) is 0 Å². The van der Waals surface area contributed by atoms with Crippen molar-refractivity contribution in [3.05, 3.63) is 35.6 Å². The lowest BCUT2D eigenvalue weighted by Crippen LogP contribution is -2.50. The van der Waals surface area contributed by atoms with Crippen molar-refractivity contribution in [2.24, 2.45) is 0 Å². The maximum Gasteiger partial charge on any atom is 0.254 e. The van der Waals surface area contributed by atoms with Gasteiger partial charge in [-0.3, -0.25) is 4.79 Å². The largest absolute Gasteiger partial charge is 0.336 e. The summed E-state index contributed by atoms with van der Waals surface area (Å²) >= 11 is 0. The number of nitrogens with one attached hydrogen (secondary N) is 1. The molecule has 3 rings (SSSR count). The number of hydrogen-bond donors (Lipinski definition) is 1. The highest BCUT2D eigenvalue weighted by molar-refractivity contribution is 5.94. The fourth-order valence-corrected chi connectivity index (χ4v) is 3.73. The Bertz CT molecular complexity index is 490. The normalized spacial score (nSPS) is 27.6. The summed E-state index contributed by atoms with van der Waals surface area (Å²) in [6.45, 7) is 2.88. The number of benzene rings is 1. The fraction of sp³-hybridized carbons (Fsp3) is 0.588. The quantitative estimate of drug-likeness (QED) is 0.924. The lowest BCUT2D eigenvalue weighted by atomic mass is 9.97. The number of rotatable bonds is 4. The third-order valence-electron chi connectivity index (χ3n) is 4.71. The summed E-state index contributed by atoms with van der Waals surface area (Å²) in [4.78, 5) is 14.8. The molecule has 2 fully saturated rings. The fourth-order valence-electron chi connectivity index (χ4n) is 3.73. The summed E-state index contributed by atoms with van der Waals surface area (Å²) in [5.74, 6) is -0.253. The zero-order valence-electron chi connectivity index (χ0n) is 12.5. The Morgan fingerprint density at radius 1 is 1.24 bits per heavy atom. The van der Waals surface area contributed by atoms with Crippen LogP contribution >= 0.6 is 0 Å². The van der Waals surface area contributed by atoms with Crippen LogP contribution in [0.25, 0.3) is 0 Å². The first kappa shape index (κ1) is 14.5. The molecule has 1 N–H and O–H groups in total. The van der Waals surface area contributed by atoms with E-state index < -0.39 is 0 Å². The van der Waals surface area contributed by atoms with Crippen LogP contribution < -0.4 is 5.32 Å². The molecule has 1 aromatic rings. The molecule has 2 unspecified atom stereocenters. The van der Waals surface area contributed by atoms with E-state index >= 15 is 0 Å². The number of fused-ring (bicyclic) bond motifs is 2. The van der Waals surface area contributed by atoms with Gasteiger partial charge >= 0.3 is 0 Å². The van der Waals surface area contributed by atoms with Gasteiger partial charge in [-0.25, -0.2) is 4.39 Å². The van der Waals surface area contributed by atoms with Crippen molar-refractivity contribution < 1.29 is 9.18 Å². The Morgan fingerprint density at radius 2 is 1.86 bits per heavy atom. The van der Waals surface area contributed by atoms with E-state index in [0.29, 0.717) is 23.7 Å². The molecule has 0 spiro atoms. The Hall–Kier alpha value is -1.42. The molecule has 2 aliphatic heterocycles. The summed E-state index contributed by atoms with van der Waals surface area (Å²) in [6.07, 6.45) is 5.50. The van der Waals surface area contributed by atoms with Crippen molar-refractivity contribution >= 4 is 5.91 Å². The minimum atomic E-state index is -0.298. The van der Waals surface area contributed by atoms with Gasteiger partial charge in [0.25, 0.3) is 5.91 Å².